The molecule has 0 aliphatic rings. The van der Waals surface area contributed by atoms with Gasteiger partial charge in [0.1, 0.15) is 0 Å². The van der Waals surface area contributed by atoms with Gasteiger partial charge in [-0.3, -0.25) is 9.59 Å². The summed E-state index contributed by atoms with van der Waals surface area (Å²) in [7, 11) is 4.68. The van der Waals surface area contributed by atoms with Crippen LogP contribution in [0, 0.1) is 0 Å². The van der Waals surface area contributed by atoms with E-state index in [1.807, 2.05) is 30.3 Å². The second-order valence-electron chi connectivity index (χ2n) is 7.11. The topological polar surface area (TPSA) is 115 Å². The Kier molecular flexibility index (Phi) is 7.91. The second-order valence-corrected chi connectivity index (χ2v) is 7.11. The zero-order valence-electron chi connectivity index (χ0n) is 18.5. The molecule has 0 bridgehead atoms. The molecular formula is C23H28N4O5. The lowest BCUT2D eigenvalue weighted by molar-refractivity contribution is -0.121. The number of nitrogens with zero attached hydrogens (tertiary/aromatic N) is 1. The van der Waals surface area contributed by atoms with Crippen LogP contribution in [0.15, 0.2) is 41.2 Å². The molecule has 0 unspecified atom stereocenters. The number of aromatic amines is 1. The SMILES string of the molecule is COc1cc(CCC(=O)NCCCNc2n[nH]c(=O)c3ccccc23)cc(OC)c1OC. The van der Waals surface area contributed by atoms with Crippen LogP contribution in [0.1, 0.15) is 18.4 Å². The Morgan fingerprint density at radius 3 is 2.34 bits per heavy atom. The van der Waals surface area contributed by atoms with Gasteiger partial charge < -0.3 is 24.8 Å². The standard InChI is InChI=1S/C23H28N4O5/c1-30-18-13-15(14-19(31-2)21(18)32-3)9-10-20(28)24-11-6-12-25-22-16-7-4-5-8-17(16)23(29)27-26-22/h4-5,7-8,13-14H,6,9-12H2,1-3H3,(H,24,28)(H,25,26)(H,27,29). The van der Waals surface area contributed by atoms with Gasteiger partial charge in [0, 0.05) is 24.9 Å². The van der Waals surface area contributed by atoms with E-state index < -0.39 is 0 Å². The van der Waals surface area contributed by atoms with Crippen molar-refractivity contribution in [2.45, 2.75) is 19.3 Å². The van der Waals surface area contributed by atoms with Crippen molar-refractivity contribution < 1.29 is 19.0 Å². The highest BCUT2D eigenvalue weighted by atomic mass is 16.5. The molecule has 1 heterocycles. The largest absolute Gasteiger partial charge is 0.493 e. The molecule has 9 heteroatoms. The summed E-state index contributed by atoms with van der Waals surface area (Å²) in [5.74, 6) is 2.24. The number of fused-ring (bicyclic) bond motifs is 1. The fourth-order valence-electron chi connectivity index (χ4n) is 3.40. The highest BCUT2D eigenvalue weighted by Crippen LogP contribution is 2.38. The third-order valence-electron chi connectivity index (χ3n) is 5.03. The summed E-state index contributed by atoms with van der Waals surface area (Å²) in [5, 5.41) is 14.1. The van der Waals surface area contributed by atoms with Gasteiger partial charge in [-0.2, -0.15) is 5.10 Å². The van der Waals surface area contributed by atoms with Gasteiger partial charge >= 0.3 is 0 Å². The Balaban J connectivity index is 1.45. The monoisotopic (exact) mass is 440 g/mol. The van der Waals surface area contributed by atoms with Crippen LogP contribution in [0.5, 0.6) is 17.2 Å². The minimum absolute atomic E-state index is 0.0358. The number of carbonyl (C=O) groups is 1. The lowest BCUT2D eigenvalue weighted by atomic mass is 10.1. The zero-order chi connectivity index (χ0) is 22.9. The van der Waals surface area contributed by atoms with E-state index in [1.54, 1.807) is 27.4 Å². The summed E-state index contributed by atoms with van der Waals surface area (Å²) in [6, 6.07) is 11.0. The molecule has 3 aromatic rings. The van der Waals surface area contributed by atoms with Crippen molar-refractivity contribution in [3.05, 3.63) is 52.3 Å². The predicted molar refractivity (Wildman–Crippen MR) is 123 cm³/mol. The van der Waals surface area contributed by atoms with Crippen molar-refractivity contribution in [2.75, 3.05) is 39.7 Å². The third-order valence-corrected chi connectivity index (χ3v) is 5.03. The summed E-state index contributed by atoms with van der Waals surface area (Å²) in [5.41, 5.74) is 0.706. The number of amides is 1. The number of carbonyl (C=O) groups excluding carboxylic acids is 1. The number of anilines is 1. The molecule has 0 saturated heterocycles. The number of benzene rings is 2. The molecule has 0 spiro atoms. The van der Waals surface area contributed by atoms with Crippen LogP contribution in [0.2, 0.25) is 0 Å². The van der Waals surface area contributed by atoms with E-state index in [-0.39, 0.29) is 11.5 Å². The number of nitrogens with one attached hydrogen (secondary N) is 3. The number of methoxy groups -OCH3 is 3. The quantitative estimate of drug-likeness (QED) is 0.393. The average Bonchev–Trinajstić information content (AvgIpc) is 2.83. The summed E-state index contributed by atoms with van der Waals surface area (Å²) >= 11 is 0. The fourth-order valence-corrected chi connectivity index (χ4v) is 3.40. The number of H-pyrrole nitrogens is 1. The first-order valence-electron chi connectivity index (χ1n) is 10.3. The van der Waals surface area contributed by atoms with Crippen LogP contribution >= 0.6 is 0 Å². The van der Waals surface area contributed by atoms with Crippen molar-refractivity contribution in [1.82, 2.24) is 15.5 Å². The third kappa shape index (κ3) is 5.48. The fraction of sp³-hybridized carbons (Fsp3) is 0.348. The molecule has 1 aromatic heterocycles. The van der Waals surface area contributed by atoms with Gasteiger partial charge in [0.05, 0.1) is 26.7 Å². The first-order chi connectivity index (χ1) is 15.6. The number of rotatable bonds is 11. The number of aromatic nitrogens is 2. The van der Waals surface area contributed by atoms with Gasteiger partial charge in [-0.25, -0.2) is 5.10 Å². The lowest BCUT2D eigenvalue weighted by Crippen LogP contribution is -2.26. The molecule has 3 rings (SSSR count). The molecule has 0 aliphatic heterocycles. The van der Waals surface area contributed by atoms with E-state index in [4.69, 9.17) is 14.2 Å². The van der Waals surface area contributed by atoms with E-state index >= 15 is 0 Å². The Labute approximate surface area is 186 Å². The molecule has 3 N–H and O–H groups in total. The highest BCUT2D eigenvalue weighted by Gasteiger charge is 2.14. The summed E-state index contributed by atoms with van der Waals surface area (Å²) in [6.07, 6.45) is 1.61. The van der Waals surface area contributed by atoms with Gasteiger partial charge in [-0.05, 0) is 36.6 Å². The number of aryl methyl sites for hydroxylation is 1. The van der Waals surface area contributed by atoms with Crippen LogP contribution in [-0.4, -0.2) is 50.5 Å². The van der Waals surface area contributed by atoms with E-state index in [2.05, 4.69) is 20.8 Å². The van der Waals surface area contributed by atoms with Crippen LogP contribution < -0.4 is 30.4 Å². The Morgan fingerprint density at radius 2 is 1.69 bits per heavy atom. The van der Waals surface area contributed by atoms with E-state index in [0.717, 1.165) is 10.9 Å². The van der Waals surface area contributed by atoms with Gasteiger partial charge in [-0.15, -0.1) is 0 Å². The molecular weight excluding hydrogens is 412 g/mol. The smallest absolute Gasteiger partial charge is 0.272 e. The molecule has 0 atom stereocenters. The second kappa shape index (κ2) is 11.0. The van der Waals surface area contributed by atoms with Crippen LogP contribution in [0.25, 0.3) is 10.8 Å². The summed E-state index contributed by atoms with van der Waals surface area (Å²) in [6.45, 7) is 1.14. The maximum atomic E-state index is 12.2. The van der Waals surface area contributed by atoms with Crippen molar-refractivity contribution in [3.63, 3.8) is 0 Å². The van der Waals surface area contributed by atoms with Crippen LogP contribution in [0.3, 0.4) is 0 Å². The highest BCUT2D eigenvalue weighted by molar-refractivity contribution is 5.90. The zero-order valence-corrected chi connectivity index (χ0v) is 18.5. The first kappa shape index (κ1) is 22.9. The van der Waals surface area contributed by atoms with Gasteiger partial charge in [0.25, 0.3) is 5.56 Å². The number of hydrogen-bond acceptors (Lipinski definition) is 7. The number of hydrogen-bond donors (Lipinski definition) is 3. The van der Waals surface area contributed by atoms with Crippen molar-refractivity contribution >= 4 is 22.5 Å². The normalized spacial score (nSPS) is 10.6. The minimum atomic E-state index is -0.217. The van der Waals surface area contributed by atoms with E-state index in [1.165, 1.54) is 0 Å². The summed E-state index contributed by atoms with van der Waals surface area (Å²) in [4.78, 5) is 24.1. The first-order valence-corrected chi connectivity index (χ1v) is 10.3. The maximum Gasteiger partial charge on any atom is 0.272 e. The van der Waals surface area contributed by atoms with Gasteiger partial charge in [0.15, 0.2) is 17.3 Å². The van der Waals surface area contributed by atoms with Crippen molar-refractivity contribution in [2.24, 2.45) is 0 Å². The molecule has 0 radical (unpaired) electrons. The lowest BCUT2D eigenvalue weighted by Gasteiger charge is -2.14. The average molecular weight is 441 g/mol. The van der Waals surface area contributed by atoms with Crippen LogP contribution in [-0.2, 0) is 11.2 Å². The number of ether oxygens (including phenoxy) is 3. The molecule has 170 valence electrons. The van der Waals surface area contributed by atoms with Crippen LogP contribution in [0.4, 0.5) is 5.82 Å². The van der Waals surface area contributed by atoms with E-state index in [0.29, 0.717) is 60.8 Å². The Hall–Kier alpha value is -3.75. The molecule has 2 aromatic carbocycles. The molecule has 0 aliphatic carbocycles. The minimum Gasteiger partial charge on any atom is -0.493 e. The maximum absolute atomic E-state index is 12.2. The molecule has 0 saturated carbocycles. The van der Waals surface area contributed by atoms with Gasteiger partial charge in [-0.1, -0.05) is 18.2 Å². The molecule has 0 fully saturated rings. The van der Waals surface area contributed by atoms with Crippen molar-refractivity contribution in [3.8, 4) is 17.2 Å². The molecule has 32 heavy (non-hydrogen) atoms. The molecule has 9 nitrogen and oxygen atoms in total. The summed E-state index contributed by atoms with van der Waals surface area (Å²) < 4.78 is 16.0. The van der Waals surface area contributed by atoms with E-state index in [9.17, 15) is 9.59 Å². The van der Waals surface area contributed by atoms with Gasteiger partial charge in [0.2, 0.25) is 11.7 Å². The molecule has 1 amide bonds. The van der Waals surface area contributed by atoms with Crippen molar-refractivity contribution in [1.29, 1.82) is 0 Å². The Bertz CT molecular complexity index is 1100. The Morgan fingerprint density at radius 1 is 1.00 bits per heavy atom. The predicted octanol–water partition coefficient (Wildman–Crippen LogP) is 2.50.